The molecule has 0 unspecified atom stereocenters. The van der Waals surface area contributed by atoms with Crippen LogP contribution in [0.25, 0.3) is 0 Å². The maximum Gasteiger partial charge on any atom is 0.429 e. The summed E-state index contributed by atoms with van der Waals surface area (Å²) in [6.45, 7) is 4.00. The third kappa shape index (κ3) is 3.38. The van der Waals surface area contributed by atoms with Crippen LogP contribution >= 0.6 is 21.6 Å². The van der Waals surface area contributed by atoms with Gasteiger partial charge in [-0.15, -0.1) is 0 Å². The summed E-state index contributed by atoms with van der Waals surface area (Å²) < 4.78 is 9.71. The molecular formula is C8H14N2O4S2. The van der Waals surface area contributed by atoms with Crippen LogP contribution in [0.15, 0.2) is 0 Å². The fourth-order valence-electron chi connectivity index (χ4n) is 1.01. The van der Waals surface area contributed by atoms with Crippen LogP contribution in [0.1, 0.15) is 13.8 Å². The molecule has 92 valence electrons. The molecule has 0 saturated carbocycles. The Labute approximate surface area is 102 Å². The smallest absolute Gasteiger partial charge is 0.429 e. The predicted octanol–water partition coefficient (Wildman–Crippen LogP) is 2.13. The molecule has 1 aliphatic rings. The summed E-state index contributed by atoms with van der Waals surface area (Å²) in [5, 5.41) is 2.51. The zero-order valence-corrected chi connectivity index (χ0v) is 10.8. The highest BCUT2D eigenvalue weighted by molar-refractivity contribution is 8.76. The van der Waals surface area contributed by atoms with Crippen molar-refractivity contribution >= 4 is 33.8 Å². The lowest BCUT2D eigenvalue weighted by Crippen LogP contribution is -2.51. The van der Waals surface area contributed by atoms with Crippen LogP contribution in [0.2, 0.25) is 0 Å². The molecule has 1 fully saturated rings. The maximum absolute atomic E-state index is 11.5. The van der Waals surface area contributed by atoms with Gasteiger partial charge in [0.1, 0.15) is 11.8 Å². The van der Waals surface area contributed by atoms with Gasteiger partial charge in [-0.2, -0.15) is 0 Å². The Kier molecular flexibility index (Phi) is 5.61. The second-order valence-corrected chi connectivity index (χ2v) is 5.09. The molecule has 8 heteroatoms. The molecule has 0 radical (unpaired) electrons. The van der Waals surface area contributed by atoms with E-state index in [0.717, 1.165) is 0 Å². The highest BCUT2D eigenvalue weighted by Gasteiger charge is 2.31. The molecule has 1 aliphatic heterocycles. The number of nitrogens with zero attached hydrogens (tertiary/aromatic N) is 2. The lowest BCUT2D eigenvalue weighted by atomic mass is 10.8. The van der Waals surface area contributed by atoms with E-state index in [0.29, 0.717) is 11.8 Å². The van der Waals surface area contributed by atoms with Crippen molar-refractivity contribution in [2.45, 2.75) is 13.8 Å². The largest absolute Gasteiger partial charge is 0.448 e. The maximum atomic E-state index is 11.5. The first-order valence-electron chi connectivity index (χ1n) is 4.83. The van der Waals surface area contributed by atoms with E-state index in [2.05, 4.69) is 0 Å². The summed E-state index contributed by atoms with van der Waals surface area (Å²) in [7, 11) is 2.98. The van der Waals surface area contributed by atoms with E-state index >= 15 is 0 Å². The minimum Gasteiger partial charge on any atom is -0.448 e. The molecule has 1 rings (SSSR count). The lowest BCUT2D eigenvalue weighted by molar-refractivity contribution is 0.00129. The number of amides is 2. The van der Waals surface area contributed by atoms with Crippen molar-refractivity contribution in [3.8, 4) is 0 Å². The van der Waals surface area contributed by atoms with E-state index in [4.69, 9.17) is 9.47 Å². The number of hydrogen-bond donors (Lipinski definition) is 0. The average Bonchev–Trinajstić information content (AvgIpc) is 2.30. The van der Waals surface area contributed by atoms with E-state index in [9.17, 15) is 9.59 Å². The number of hydrogen-bond acceptors (Lipinski definition) is 6. The van der Waals surface area contributed by atoms with Gasteiger partial charge in [0.05, 0.1) is 13.2 Å². The highest BCUT2D eigenvalue weighted by Crippen LogP contribution is 2.30. The number of ether oxygens (including phenoxy) is 2. The molecule has 0 aromatic heterocycles. The minimum absolute atomic E-state index is 0.282. The number of hydrazine groups is 1. The van der Waals surface area contributed by atoms with Crippen LogP contribution in [0.3, 0.4) is 0 Å². The van der Waals surface area contributed by atoms with E-state index in [1.807, 2.05) is 0 Å². The third-order valence-corrected chi connectivity index (χ3v) is 3.68. The molecule has 0 atom stereocenters. The Balaban J connectivity index is 2.63. The topological polar surface area (TPSA) is 59.1 Å². The van der Waals surface area contributed by atoms with Crippen LogP contribution in [0, 0.1) is 0 Å². The van der Waals surface area contributed by atoms with Crippen molar-refractivity contribution in [2.24, 2.45) is 0 Å². The molecule has 0 aromatic rings. The summed E-state index contributed by atoms with van der Waals surface area (Å²) >= 11 is 0. The van der Waals surface area contributed by atoms with Crippen LogP contribution in [-0.4, -0.2) is 47.2 Å². The number of carbonyl (C=O) groups excluding carboxylic acids is 2. The summed E-state index contributed by atoms with van der Waals surface area (Å²) in [4.78, 5) is 23.1. The molecule has 1 heterocycles. The summed E-state index contributed by atoms with van der Waals surface area (Å²) in [5.74, 6) is 0.755. The molecule has 0 aliphatic carbocycles. The molecule has 0 N–H and O–H groups in total. The van der Waals surface area contributed by atoms with Crippen LogP contribution < -0.4 is 0 Å². The predicted molar refractivity (Wildman–Crippen MR) is 62.6 cm³/mol. The van der Waals surface area contributed by atoms with Crippen LogP contribution in [0.4, 0.5) is 9.59 Å². The molecule has 0 aromatic carbocycles. The Morgan fingerprint density at radius 2 is 1.38 bits per heavy atom. The fourth-order valence-corrected chi connectivity index (χ4v) is 2.90. The molecule has 6 nitrogen and oxygen atoms in total. The van der Waals surface area contributed by atoms with Gasteiger partial charge in [0.25, 0.3) is 0 Å². The standard InChI is InChI=1S/C8H14N2O4S2/c1-3-13-7(11)9-5-15-16-6-10(9)8(12)14-4-2/h3-6H2,1-2H3. The van der Waals surface area contributed by atoms with Gasteiger partial charge in [-0.1, -0.05) is 21.6 Å². The van der Waals surface area contributed by atoms with Crippen molar-refractivity contribution in [3.63, 3.8) is 0 Å². The molecule has 0 bridgehead atoms. The van der Waals surface area contributed by atoms with E-state index < -0.39 is 12.2 Å². The van der Waals surface area contributed by atoms with E-state index in [-0.39, 0.29) is 13.2 Å². The average molecular weight is 266 g/mol. The van der Waals surface area contributed by atoms with Gasteiger partial charge in [0.15, 0.2) is 0 Å². The SMILES string of the molecule is CCOC(=O)N1CSSCN1C(=O)OCC. The summed E-state index contributed by atoms with van der Waals surface area (Å²) in [6, 6.07) is 0. The molecular weight excluding hydrogens is 252 g/mol. The minimum atomic E-state index is -0.525. The van der Waals surface area contributed by atoms with Gasteiger partial charge in [0, 0.05) is 0 Å². The zero-order chi connectivity index (χ0) is 12.0. The zero-order valence-electron chi connectivity index (χ0n) is 9.17. The van der Waals surface area contributed by atoms with Gasteiger partial charge in [-0.25, -0.2) is 19.6 Å². The lowest BCUT2D eigenvalue weighted by Gasteiger charge is -2.35. The molecule has 1 saturated heterocycles. The van der Waals surface area contributed by atoms with E-state index in [1.54, 1.807) is 13.8 Å². The Morgan fingerprint density at radius 3 is 1.69 bits per heavy atom. The van der Waals surface area contributed by atoms with Crippen molar-refractivity contribution < 1.29 is 19.1 Å². The highest BCUT2D eigenvalue weighted by atomic mass is 33.1. The molecule has 2 amide bonds. The molecule has 16 heavy (non-hydrogen) atoms. The van der Waals surface area contributed by atoms with Crippen LogP contribution in [0.5, 0.6) is 0 Å². The first-order valence-corrected chi connectivity index (χ1v) is 7.32. The first kappa shape index (κ1) is 13.3. The van der Waals surface area contributed by atoms with Gasteiger partial charge < -0.3 is 9.47 Å². The third-order valence-electron chi connectivity index (χ3n) is 1.68. The summed E-state index contributed by atoms with van der Waals surface area (Å²) in [5.41, 5.74) is 0. The Bertz CT molecular complexity index is 238. The first-order chi connectivity index (χ1) is 7.70. The fraction of sp³-hybridized carbons (Fsp3) is 0.750. The van der Waals surface area contributed by atoms with Gasteiger partial charge >= 0.3 is 12.2 Å². The van der Waals surface area contributed by atoms with Crippen molar-refractivity contribution in [1.82, 2.24) is 10.0 Å². The van der Waals surface area contributed by atoms with Gasteiger partial charge in [0.2, 0.25) is 0 Å². The quantitative estimate of drug-likeness (QED) is 0.714. The van der Waals surface area contributed by atoms with E-state index in [1.165, 1.54) is 31.6 Å². The Morgan fingerprint density at radius 1 is 1.00 bits per heavy atom. The number of carbonyl (C=O) groups is 2. The van der Waals surface area contributed by atoms with Crippen molar-refractivity contribution in [1.29, 1.82) is 0 Å². The second kappa shape index (κ2) is 6.74. The summed E-state index contributed by atoms with van der Waals surface area (Å²) in [6.07, 6.45) is -1.05. The van der Waals surface area contributed by atoms with Gasteiger partial charge in [-0.3, -0.25) is 0 Å². The number of rotatable bonds is 2. The Hall–Kier alpha value is -0.760. The van der Waals surface area contributed by atoms with Gasteiger partial charge in [-0.05, 0) is 13.8 Å². The van der Waals surface area contributed by atoms with Crippen molar-refractivity contribution in [3.05, 3.63) is 0 Å². The monoisotopic (exact) mass is 266 g/mol. The van der Waals surface area contributed by atoms with Crippen LogP contribution in [-0.2, 0) is 9.47 Å². The molecule has 0 spiro atoms. The van der Waals surface area contributed by atoms with Crippen molar-refractivity contribution in [2.75, 3.05) is 25.0 Å². The second-order valence-electron chi connectivity index (χ2n) is 2.69. The normalized spacial score (nSPS) is 15.9.